The number of carbonyl (C=O) groups excluding carboxylic acids is 3. The van der Waals surface area contributed by atoms with Crippen molar-refractivity contribution in [2.24, 2.45) is 0 Å². The molecule has 2 heterocycles. The molecule has 1 aliphatic rings. The molecule has 3 aromatic rings. The Labute approximate surface area is 173 Å². The van der Waals surface area contributed by atoms with E-state index >= 15 is 0 Å². The monoisotopic (exact) mass is 405 g/mol. The SMILES string of the molecule is O=C(CNC(=O)c1ccccc1)NC1CCN(C(=O)c2ccc3nc[nH]c3c2)CC1. The lowest BCUT2D eigenvalue weighted by Crippen LogP contribution is -2.48. The highest BCUT2D eigenvalue weighted by Crippen LogP contribution is 2.17. The molecule has 3 amide bonds. The van der Waals surface area contributed by atoms with E-state index in [0.29, 0.717) is 37.1 Å². The van der Waals surface area contributed by atoms with Crippen LogP contribution >= 0.6 is 0 Å². The Balaban J connectivity index is 1.23. The molecule has 0 atom stereocenters. The van der Waals surface area contributed by atoms with Gasteiger partial charge in [0.2, 0.25) is 5.91 Å². The molecule has 1 aliphatic heterocycles. The summed E-state index contributed by atoms with van der Waals surface area (Å²) in [6.45, 7) is 1.07. The Morgan fingerprint density at radius 2 is 1.80 bits per heavy atom. The van der Waals surface area contributed by atoms with Gasteiger partial charge >= 0.3 is 0 Å². The van der Waals surface area contributed by atoms with Crippen LogP contribution in [0.4, 0.5) is 0 Å². The molecule has 2 aromatic carbocycles. The first-order valence-electron chi connectivity index (χ1n) is 9.95. The second-order valence-corrected chi connectivity index (χ2v) is 7.32. The van der Waals surface area contributed by atoms with E-state index in [0.717, 1.165) is 11.0 Å². The number of aromatic amines is 1. The van der Waals surface area contributed by atoms with Crippen LogP contribution in [-0.4, -0.2) is 58.3 Å². The molecule has 0 saturated carbocycles. The standard InChI is InChI=1S/C22H23N5O3/c28-20(13-23-21(29)15-4-2-1-3-5-15)26-17-8-10-27(11-9-17)22(30)16-6-7-18-19(12-16)25-14-24-18/h1-7,12,14,17H,8-11,13H2,(H,23,29)(H,24,25)(H,26,28). The van der Waals surface area contributed by atoms with Crippen LogP contribution in [0.5, 0.6) is 0 Å². The van der Waals surface area contributed by atoms with Crippen molar-refractivity contribution in [3.63, 3.8) is 0 Å². The Kier molecular flexibility index (Phi) is 5.74. The largest absolute Gasteiger partial charge is 0.352 e. The Morgan fingerprint density at radius 3 is 2.57 bits per heavy atom. The van der Waals surface area contributed by atoms with E-state index in [-0.39, 0.29) is 30.3 Å². The van der Waals surface area contributed by atoms with Gasteiger partial charge < -0.3 is 20.5 Å². The van der Waals surface area contributed by atoms with Crippen LogP contribution < -0.4 is 10.6 Å². The normalized spacial score (nSPS) is 14.5. The van der Waals surface area contributed by atoms with Crippen LogP contribution in [0.3, 0.4) is 0 Å². The van der Waals surface area contributed by atoms with E-state index < -0.39 is 0 Å². The fraction of sp³-hybridized carbons (Fsp3) is 0.273. The number of likely N-dealkylation sites (tertiary alicyclic amines) is 1. The first kappa shape index (κ1) is 19.6. The predicted octanol–water partition coefficient (Wildman–Crippen LogP) is 1.71. The lowest BCUT2D eigenvalue weighted by atomic mass is 10.0. The van der Waals surface area contributed by atoms with Gasteiger partial charge in [0.05, 0.1) is 23.9 Å². The molecule has 0 spiro atoms. The Hall–Kier alpha value is -3.68. The number of carbonyl (C=O) groups is 3. The summed E-state index contributed by atoms with van der Waals surface area (Å²) in [5, 5.41) is 5.57. The summed E-state index contributed by atoms with van der Waals surface area (Å²) >= 11 is 0. The number of fused-ring (bicyclic) bond motifs is 1. The van der Waals surface area contributed by atoms with E-state index in [4.69, 9.17) is 0 Å². The summed E-state index contributed by atoms with van der Waals surface area (Å²) in [4.78, 5) is 45.9. The lowest BCUT2D eigenvalue weighted by Gasteiger charge is -2.32. The van der Waals surface area contributed by atoms with Crippen LogP contribution in [0.2, 0.25) is 0 Å². The van der Waals surface area contributed by atoms with Crippen LogP contribution in [0.15, 0.2) is 54.9 Å². The van der Waals surface area contributed by atoms with Gasteiger partial charge in [-0.15, -0.1) is 0 Å². The smallest absolute Gasteiger partial charge is 0.253 e. The maximum Gasteiger partial charge on any atom is 0.253 e. The summed E-state index contributed by atoms with van der Waals surface area (Å²) in [5.41, 5.74) is 2.80. The van der Waals surface area contributed by atoms with E-state index in [1.54, 1.807) is 41.6 Å². The van der Waals surface area contributed by atoms with Crippen molar-refractivity contribution in [2.75, 3.05) is 19.6 Å². The highest BCUT2D eigenvalue weighted by Gasteiger charge is 2.25. The molecule has 8 nitrogen and oxygen atoms in total. The highest BCUT2D eigenvalue weighted by molar-refractivity contribution is 5.97. The van der Waals surface area contributed by atoms with Crippen molar-refractivity contribution in [3.8, 4) is 0 Å². The fourth-order valence-corrected chi connectivity index (χ4v) is 3.61. The number of aromatic nitrogens is 2. The third kappa shape index (κ3) is 4.48. The number of imidazole rings is 1. The van der Waals surface area contributed by atoms with E-state index in [1.807, 2.05) is 18.2 Å². The molecular weight excluding hydrogens is 382 g/mol. The minimum Gasteiger partial charge on any atom is -0.352 e. The van der Waals surface area contributed by atoms with Gasteiger partial charge in [0.1, 0.15) is 0 Å². The van der Waals surface area contributed by atoms with Crippen molar-refractivity contribution >= 4 is 28.8 Å². The number of hydrogen-bond acceptors (Lipinski definition) is 4. The summed E-state index contributed by atoms with van der Waals surface area (Å²) in [6.07, 6.45) is 2.96. The van der Waals surface area contributed by atoms with Gasteiger partial charge in [-0.3, -0.25) is 14.4 Å². The van der Waals surface area contributed by atoms with Crippen molar-refractivity contribution < 1.29 is 14.4 Å². The molecule has 0 unspecified atom stereocenters. The summed E-state index contributed by atoms with van der Waals surface area (Å²) in [7, 11) is 0. The third-order valence-electron chi connectivity index (χ3n) is 5.26. The average molecular weight is 405 g/mol. The van der Waals surface area contributed by atoms with E-state index in [1.165, 1.54) is 0 Å². The summed E-state index contributed by atoms with van der Waals surface area (Å²) in [5.74, 6) is -0.527. The van der Waals surface area contributed by atoms with E-state index in [2.05, 4.69) is 20.6 Å². The summed E-state index contributed by atoms with van der Waals surface area (Å²) < 4.78 is 0. The second-order valence-electron chi connectivity index (χ2n) is 7.32. The van der Waals surface area contributed by atoms with Gasteiger partial charge in [-0.1, -0.05) is 18.2 Å². The number of piperidine rings is 1. The van der Waals surface area contributed by atoms with Crippen molar-refractivity contribution in [1.29, 1.82) is 0 Å². The molecule has 3 N–H and O–H groups in total. The van der Waals surface area contributed by atoms with Gasteiger partial charge in [-0.2, -0.15) is 0 Å². The van der Waals surface area contributed by atoms with Gasteiger partial charge in [0, 0.05) is 30.3 Å². The molecule has 30 heavy (non-hydrogen) atoms. The predicted molar refractivity (Wildman–Crippen MR) is 112 cm³/mol. The van der Waals surface area contributed by atoms with Crippen LogP contribution in [0.1, 0.15) is 33.6 Å². The number of nitrogens with zero attached hydrogens (tertiary/aromatic N) is 2. The molecule has 1 aromatic heterocycles. The molecular formula is C22H23N5O3. The molecule has 0 aliphatic carbocycles. The molecule has 8 heteroatoms. The Morgan fingerprint density at radius 1 is 1.03 bits per heavy atom. The lowest BCUT2D eigenvalue weighted by molar-refractivity contribution is -0.121. The first-order valence-corrected chi connectivity index (χ1v) is 9.95. The fourth-order valence-electron chi connectivity index (χ4n) is 3.61. The molecule has 4 rings (SSSR count). The van der Waals surface area contributed by atoms with Crippen molar-refractivity contribution in [2.45, 2.75) is 18.9 Å². The zero-order chi connectivity index (χ0) is 20.9. The number of rotatable bonds is 5. The zero-order valence-corrected chi connectivity index (χ0v) is 16.4. The number of benzene rings is 2. The number of amides is 3. The van der Waals surface area contributed by atoms with Crippen molar-refractivity contribution in [1.82, 2.24) is 25.5 Å². The highest BCUT2D eigenvalue weighted by atomic mass is 16.2. The maximum atomic E-state index is 12.8. The van der Waals surface area contributed by atoms with Gasteiger partial charge in [-0.05, 0) is 43.2 Å². The molecule has 0 radical (unpaired) electrons. The van der Waals surface area contributed by atoms with Gasteiger partial charge in [-0.25, -0.2) is 4.98 Å². The first-order chi connectivity index (χ1) is 14.6. The second kappa shape index (κ2) is 8.77. The maximum absolute atomic E-state index is 12.8. The number of hydrogen-bond donors (Lipinski definition) is 3. The molecule has 154 valence electrons. The van der Waals surface area contributed by atoms with E-state index in [9.17, 15) is 14.4 Å². The summed E-state index contributed by atoms with van der Waals surface area (Å²) in [6, 6.07) is 14.2. The minimum atomic E-state index is -0.277. The van der Waals surface area contributed by atoms with Gasteiger partial charge in [0.25, 0.3) is 11.8 Å². The molecule has 1 saturated heterocycles. The zero-order valence-electron chi connectivity index (χ0n) is 16.4. The van der Waals surface area contributed by atoms with Crippen LogP contribution in [0, 0.1) is 0 Å². The number of H-pyrrole nitrogens is 1. The van der Waals surface area contributed by atoms with Crippen LogP contribution in [0.25, 0.3) is 11.0 Å². The Bertz CT molecular complexity index is 1050. The van der Waals surface area contributed by atoms with Crippen molar-refractivity contribution in [3.05, 3.63) is 66.0 Å². The average Bonchev–Trinajstić information content (AvgIpc) is 3.26. The molecule has 1 fully saturated rings. The van der Waals surface area contributed by atoms with Gasteiger partial charge in [0.15, 0.2) is 0 Å². The number of nitrogens with one attached hydrogen (secondary N) is 3. The quantitative estimate of drug-likeness (QED) is 0.601. The topological polar surface area (TPSA) is 107 Å². The van der Waals surface area contributed by atoms with Crippen LogP contribution in [-0.2, 0) is 4.79 Å². The minimum absolute atomic E-state index is 0.00901. The third-order valence-corrected chi connectivity index (χ3v) is 5.26. The molecule has 0 bridgehead atoms.